The molecule has 0 radical (unpaired) electrons. The Hall–Kier alpha value is -2.08. The fraction of sp³-hybridized carbons (Fsp3) is 0.529. The van der Waals surface area contributed by atoms with E-state index in [-0.39, 0.29) is 11.6 Å². The molecule has 6 nitrogen and oxygen atoms in total. The number of hydrogen-bond acceptors (Lipinski definition) is 3. The smallest absolute Gasteiger partial charge is 0.323 e. The van der Waals surface area contributed by atoms with Gasteiger partial charge in [-0.3, -0.25) is 4.79 Å². The summed E-state index contributed by atoms with van der Waals surface area (Å²) >= 11 is 0. The first-order valence-electron chi connectivity index (χ1n) is 8.26. The number of benzene rings is 1. The van der Waals surface area contributed by atoms with Gasteiger partial charge in [0.05, 0.1) is 11.0 Å². The Kier molecular flexibility index (Phi) is 4.52. The first-order valence-corrected chi connectivity index (χ1v) is 8.26. The number of aryl methyl sites for hydroxylation is 1. The van der Waals surface area contributed by atoms with Crippen molar-refractivity contribution in [3.8, 4) is 0 Å². The van der Waals surface area contributed by atoms with Gasteiger partial charge in [0.15, 0.2) is 0 Å². The Bertz CT molecular complexity index is 738. The second kappa shape index (κ2) is 6.58. The number of H-pyrrole nitrogens is 2. The number of aromatic amines is 2. The molecule has 1 aromatic heterocycles. The number of amides is 1. The van der Waals surface area contributed by atoms with E-state index in [9.17, 15) is 9.59 Å². The van der Waals surface area contributed by atoms with Crippen molar-refractivity contribution in [1.29, 1.82) is 0 Å². The number of imidazole rings is 1. The maximum atomic E-state index is 12.3. The first-order chi connectivity index (χ1) is 11.0. The highest BCUT2D eigenvalue weighted by Crippen LogP contribution is 2.14. The van der Waals surface area contributed by atoms with Crippen molar-refractivity contribution in [3.05, 3.63) is 34.2 Å². The number of fused-ring (bicyclic) bond motifs is 1. The molecule has 1 aromatic carbocycles. The van der Waals surface area contributed by atoms with Crippen molar-refractivity contribution in [3.63, 3.8) is 0 Å². The zero-order valence-electron chi connectivity index (χ0n) is 13.7. The third kappa shape index (κ3) is 3.82. The summed E-state index contributed by atoms with van der Waals surface area (Å²) in [6.07, 6.45) is 2.24. The molecule has 1 amide bonds. The Morgan fingerprint density at radius 1 is 1.17 bits per heavy atom. The van der Waals surface area contributed by atoms with Gasteiger partial charge in [0, 0.05) is 31.6 Å². The topological polar surface area (TPSA) is 81.0 Å². The maximum Gasteiger partial charge on any atom is 0.323 e. The van der Waals surface area contributed by atoms with Crippen LogP contribution in [0.2, 0.25) is 0 Å². The number of nitrogens with zero attached hydrogens (tertiary/aromatic N) is 1. The van der Waals surface area contributed by atoms with Gasteiger partial charge in [-0.05, 0) is 44.4 Å². The summed E-state index contributed by atoms with van der Waals surface area (Å²) in [6, 6.07) is 6.61. The van der Waals surface area contributed by atoms with E-state index in [2.05, 4.69) is 29.1 Å². The fourth-order valence-corrected chi connectivity index (χ4v) is 3.37. The van der Waals surface area contributed by atoms with Crippen LogP contribution in [-0.2, 0) is 11.2 Å². The van der Waals surface area contributed by atoms with Crippen LogP contribution in [0.4, 0.5) is 0 Å². The van der Waals surface area contributed by atoms with Gasteiger partial charge in [0.2, 0.25) is 5.91 Å². The molecule has 2 unspecified atom stereocenters. The summed E-state index contributed by atoms with van der Waals surface area (Å²) in [7, 11) is 0. The molecule has 3 N–H and O–H groups in total. The zero-order chi connectivity index (χ0) is 16.4. The SMILES string of the molecule is CC1CN(C(=O)CCCc2ccc3[nH]c(=O)[nH]c3c2)CC(C)N1. The molecule has 1 aliphatic rings. The molecule has 124 valence electrons. The third-order valence-corrected chi connectivity index (χ3v) is 4.35. The molecule has 23 heavy (non-hydrogen) atoms. The highest BCUT2D eigenvalue weighted by atomic mass is 16.2. The second-order valence-corrected chi connectivity index (χ2v) is 6.58. The normalized spacial score (nSPS) is 21.7. The van der Waals surface area contributed by atoms with Gasteiger partial charge in [0.1, 0.15) is 0 Å². The quantitative estimate of drug-likeness (QED) is 0.797. The van der Waals surface area contributed by atoms with Gasteiger partial charge < -0.3 is 20.2 Å². The molecule has 6 heteroatoms. The van der Waals surface area contributed by atoms with E-state index in [0.29, 0.717) is 18.5 Å². The van der Waals surface area contributed by atoms with Crippen molar-refractivity contribution in [2.45, 2.75) is 45.2 Å². The number of carbonyl (C=O) groups excluding carboxylic acids is 1. The molecule has 0 saturated carbocycles. The highest BCUT2D eigenvalue weighted by Gasteiger charge is 2.24. The summed E-state index contributed by atoms with van der Waals surface area (Å²) in [6.45, 7) is 5.81. The van der Waals surface area contributed by atoms with Gasteiger partial charge in [-0.1, -0.05) is 6.07 Å². The summed E-state index contributed by atoms with van der Waals surface area (Å²) < 4.78 is 0. The Morgan fingerprint density at radius 3 is 2.61 bits per heavy atom. The maximum absolute atomic E-state index is 12.3. The molecule has 2 heterocycles. The predicted molar refractivity (Wildman–Crippen MR) is 90.5 cm³/mol. The van der Waals surface area contributed by atoms with E-state index >= 15 is 0 Å². The fourth-order valence-electron chi connectivity index (χ4n) is 3.37. The minimum absolute atomic E-state index is 0.186. The molecule has 1 saturated heterocycles. The number of carbonyl (C=O) groups is 1. The van der Waals surface area contributed by atoms with E-state index < -0.39 is 0 Å². The van der Waals surface area contributed by atoms with Crippen LogP contribution in [-0.4, -0.2) is 45.9 Å². The van der Waals surface area contributed by atoms with Gasteiger partial charge in [0.25, 0.3) is 0 Å². The van der Waals surface area contributed by atoms with Crippen LogP contribution >= 0.6 is 0 Å². The van der Waals surface area contributed by atoms with Crippen LogP contribution in [0.15, 0.2) is 23.0 Å². The van der Waals surface area contributed by atoms with Crippen LogP contribution in [0.5, 0.6) is 0 Å². The van der Waals surface area contributed by atoms with Crippen LogP contribution in [0.25, 0.3) is 11.0 Å². The largest absolute Gasteiger partial charge is 0.340 e. The number of nitrogens with one attached hydrogen (secondary N) is 3. The molecule has 1 aliphatic heterocycles. The Morgan fingerprint density at radius 2 is 1.87 bits per heavy atom. The average molecular weight is 316 g/mol. The second-order valence-electron chi connectivity index (χ2n) is 6.58. The summed E-state index contributed by atoms with van der Waals surface area (Å²) in [5.41, 5.74) is 2.60. The third-order valence-electron chi connectivity index (χ3n) is 4.35. The lowest BCUT2D eigenvalue weighted by Gasteiger charge is -2.36. The van der Waals surface area contributed by atoms with Gasteiger partial charge >= 0.3 is 5.69 Å². The highest BCUT2D eigenvalue weighted by molar-refractivity contribution is 5.77. The average Bonchev–Trinajstić information content (AvgIpc) is 2.85. The van der Waals surface area contributed by atoms with Crippen molar-refractivity contribution < 1.29 is 4.79 Å². The van der Waals surface area contributed by atoms with Crippen molar-refractivity contribution in [2.24, 2.45) is 0 Å². The van der Waals surface area contributed by atoms with E-state index in [0.717, 1.165) is 42.5 Å². The minimum atomic E-state index is -0.186. The first kappa shape index (κ1) is 15.8. The van der Waals surface area contributed by atoms with Crippen LogP contribution in [0.3, 0.4) is 0 Å². The summed E-state index contributed by atoms with van der Waals surface area (Å²) in [4.78, 5) is 31.1. The molecular weight excluding hydrogens is 292 g/mol. The monoisotopic (exact) mass is 316 g/mol. The molecule has 0 aliphatic carbocycles. The zero-order valence-corrected chi connectivity index (χ0v) is 13.7. The van der Waals surface area contributed by atoms with E-state index in [1.54, 1.807) is 0 Å². The lowest BCUT2D eigenvalue weighted by molar-refractivity contribution is -0.133. The van der Waals surface area contributed by atoms with E-state index in [1.807, 2.05) is 23.1 Å². The van der Waals surface area contributed by atoms with Gasteiger partial charge in [-0.2, -0.15) is 0 Å². The lowest BCUT2D eigenvalue weighted by atomic mass is 10.1. The van der Waals surface area contributed by atoms with Crippen LogP contribution in [0.1, 0.15) is 32.3 Å². The van der Waals surface area contributed by atoms with Gasteiger partial charge in [-0.15, -0.1) is 0 Å². The number of rotatable bonds is 4. The van der Waals surface area contributed by atoms with Gasteiger partial charge in [-0.25, -0.2) is 4.79 Å². The van der Waals surface area contributed by atoms with Crippen LogP contribution < -0.4 is 11.0 Å². The minimum Gasteiger partial charge on any atom is -0.340 e. The molecule has 0 bridgehead atoms. The predicted octanol–water partition coefficient (Wildman–Crippen LogP) is 1.39. The number of hydrogen-bond donors (Lipinski definition) is 3. The van der Waals surface area contributed by atoms with Crippen molar-refractivity contribution >= 4 is 16.9 Å². The molecular formula is C17H24N4O2. The number of piperazine rings is 1. The van der Waals surface area contributed by atoms with E-state index in [4.69, 9.17) is 0 Å². The molecule has 2 aromatic rings. The van der Waals surface area contributed by atoms with Crippen molar-refractivity contribution in [2.75, 3.05) is 13.1 Å². The summed E-state index contributed by atoms with van der Waals surface area (Å²) in [5.74, 6) is 0.237. The van der Waals surface area contributed by atoms with Crippen molar-refractivity contribution in [1.82, 2.24) is 20.2 Å². The standard InChI is InChI=1S/C17H24N4O2/c1-11-9-21(10-12(2)18-11)16(22)5-3-4-13-6-7-14-15(8-13)20-17(23)19-14/h6-8,11-12,18H,3-5,9-10H2,1-2H3,(H2,19,20,23). The van der Waals surface area contributed by atoms with Crippen LogP contribution in [0, 0.1) is 0 Å². The Labute approximate surface area is 135 Å². The summed E-state index contributed by atoms with van der Waals surface area (Å²) in [5, 5.41) is 3.44. The Balaban J connectivity index is 1.53. The molecule has 3 rings (SSSR count). The molecule has 0 spiro atoms. The van der Waals surface area contributed by atoms with E-state index in [1.165, 1.54) is 0 Å². The molecule has 1 fully saturated rings. The molecule has 2 atom stereocenters. The number of aromatic nitrogens is 2. The lowest BCUT2D eigenvalue weighted by Crippen LogP contribution is -2.55.